The van der Waals surface area contributed by atoms with E-state index in [1.54, 1.807) is 0 Å². The Kier molecular flexibility index (Phi) is 10.7. The summed E-state index contributed by atoms with van der Waals surface area (Å²) in [5, 5.41) is 0.273. The van der Waals surface area contributed by atoms with Crippen molar-refractivity contribution in [2.45, 2.75) is 32.6 Å². The highest BCUT2D eigenvalue weighted by atomic mass is 32.1. The van der Waals surface area contributed by atoms with Crippen LogP contribution in [0.15, 0.2) is 0 Å². The first-order valence-electron chi connectivity index (χ1n) is 6.51. The van der Waals surface area contributed by atoms with Crippen molar-refractivity contribution < 1.29 is 14.3 Å². The highest BCUT2D eigenvalue weighted by Gasteiger charge is 2.06. The standard InChI is InChI=1S/C13H27NO3S/c1-11(2)13(15)10-17-9-8-16-7-5-6-14(4)12(3)18/h11-12,18H,5-10H2,1-4H3. The second kappa shape index (κ2) is 10.8. The second-order valence-corrected chi connectivity index (χ2v) is 5.50. The van der Waals surface area contributed by atoms with Crippen molar-refractivity contribution in [3.8, 4) is 0 Å². The average Bonchev–Trinajstić information content (AvgIpc) is 2.31. The molecule has 108 valence electrons. The molecule has 4 nitrogen and oxygen atoms in total. The molecule has 1 atom stereocenters. The van der Waals surface area contributed by atoms with Crippen molar-refractivity contribution in [1.82, 2.24) is 4.90 Å². The van der Waals surface area contributed by atoms with Crippen LogP contribution in [-0.2, 0) is 14.3 Å². The van der Waals surface area contributed by atoms with E-state index in [0.717, 1.165) is 13.0 Å². The molecule has 0 saturated heterocycles. The van der Waals surface area contributed by atoms with Crippen LogP contribution in [0, 0.1) is 5.92 Å². The summed E-state index contributed by atoms with van der Waals surface area (Å²) >= 11 is 4.33. The molecule has 0 spiro atoms. The van der Waals surface area contributed by atoms with Gasteiger partial charge in [-0.2, -0.15) is 12.6 Å². The molecule has 0 aliphatic rings. The fourth-order valence-corrected chi connectivity index (χ4v) is 1.28. The number of thiol groups is 1. The van der Waals surface area contributed by atoms with Crippen molar-refractivity contribution in [1.29, 1.82) is 0 Å². The summed E-state index contributed by atoms with van der Waals surface area (Å²) in [5.74, 6) is 0.184. The molecule has 0 fully saturated rings. The van der Waals surface area contributed by atoms with Gasteiger partial charge in [0.1, 0.15) is 6.61 Å². The second-order valence-electron chi connectivity index (χ2n) is 4.75. The van der Waals surface area contributed by atoms with E-state index in [9.17, 15) is 4.79 Å². The van der Waals surface area contributed by atoms with Crippen molar-refractivity contribution in [2.24, 2.45) is 5.92 Å². The maximum absolute atomic E-state index is 11.2. The van der Waals surface area contributed by atoms with Crippen molar-refractivity contribution in [2.75, 3.05) is 40.0 Å². The predicted octanol–water partition coefficient (Wildman–Crippen LogP) is 1.84. The Morgan fingerprint density at radius 2 is 1.78 bits per heavy atom. The third-order valence-corrected chi connectivity index (χ3v) is 3.09. The van der Waals surface area contributed by atoms with E-state index in [0.29, 0.717) is 19.8 Å². The Morgan fingerprint density at radius 3 is 2.33 bits per heavy atom. The minimum atomic E-state index is 0.0460. The van der Waals surface area contributed by atoms with Gasteiger partial charge in [-0.3, -0.25) is 9.69 Å². The van der Waals surface area contributed by atoms with Crippen molar-refractivity contribution in [3.63, 3.8) is 0 Å². The molecule has 0 amide bonds. The molecule has 1 unspecified atom stereocenters. The number of ether oxygens (including phenoxy) is 2. The molecule has 18 heavy (non-hydrogen) atoms. The lowest BCUT2D eigenvalue weighted by Gasteiger charge is -2.19. The largest absolute Gasteiger partial charge is 0.379 e. The van der Waals surface area contributed by atoms with Gasteiger partial charge in [0.15, 0.2) is 5.78 Å². The van der Waals surface area contributed by atoms with Gasteiger partial charge in [0, 0.05) is 24.4 Å². The number of rotatable bonds is 11. The van der Waals surface area contributed by atoms with Gasteiger partial charge in [-0.05, 0) is 20.4 Å². The molecular weight excluding hydrogens is 250 g/mol. The lowest BCUT2D eigenvalue weighted by molar-refractivity contribution is -0.127. The fourth-order valence-electron chi connectivity index (χ4n) is 1.16. The molecule has 0 rings (SSSR count). The number of hydrogen-bond donors (Lipinski definition) is 1. The van der Waals surface area contributed by atoms with Crippen LogP contribution in [0.25, 0.3) is 0 Å². The zero-order chi connectivity index (χ0) is 14.0. The van der Waals surface area contributed by atoms with E-state index in [-0.39, 0.29) is 23.7 Å². The molecule has 0 aromatic carbocycles. The summed E-state index contributed by atoms with van der Waals surface area (Å²) in [5.41, 5.74) is 0. The topological polar surface area (TPSA) is 38.8 Å². The van der Waals surface area contributed by atoms with Gasteiger partial charge in [-0.25, -0.2) is 0 Å². The Balaban J connectivity index is 3.24. The molecule has 0 aromatic rings. The molecule has 0 radical (unpaired) electrons. The summed E-state index contributed by atoms with van der Waals surface area (Å²) in [6, 6.07) is 0. The average molecular weight is 277 g/mol. The first-order chi connectivity index (χ1) is 8.45. The van der Waals surface area contributed by atoms with Gasteiger partial charge >= 0.3 is 0 Å². The first kappa shape index (κ1) is 17.9. The Morgan fingerprint density at radius 1 is 1.17 bits per heavy atom. The number of carbonyl (C=O) groups is 1. The van der Waals surface area contributed by atoms with Crippen LogP contribution in [0.5, 0.6) is 0 Å². The van der Waals surface area contributed by atoms with Gasteiger partial charge in [0.2, 0.25) is 0 Å². The van der Waals surface area contributed by atoms with Crippen molar-refractivity contribution >= 4 is 18.4 Å². The summed E-state index contributed by atoms with van der Waals surface area (Å²) in [7, 11) is 2.04. The minimum absolute atomic E-state index is 0.0460. The third kappa shape index (κ3) is 9.88. The quantitative estimate of drug-likeness (QED) is 0.355. The molecule has 0 aromatic heterocycles. The Labute approximate surface area is 116 Å². The van der Waals surface area contributed by atoms with Crippen LogP contribution in [0.2, 0.25) is 0 Å². The molecular formula is C13H27NO3S. The van der Waals surface area contributed by atoms with Gasteiger partial charge in [-0.1, -0.05) is 13.8 Å². The van der Waals surface area contributed by atoms with Gasteiger partial charge < -0.3 is 9.47 Å². The lowest BCUT2D eigenvalue weighted by Crippen LogP contribution is -2.26. The van der Waals surface area contributed by atoms with Gasteiger partial charge in [0.05, 0.1) is 13.2 Å². The lowest BCUT2D eigenvalue weighted by atomic mass is 10.1. The zero-order valence-electron chi connectivity index (χ0n) is 12.0. The van der Waals surface area contributed by atoms with E-state index >= 15 is 0 Å². The normalized spacial score (nSPS) is 13.3. The Bertz CT molecular complexity index is 222. The number of Topliss-reactive ketones (excluding diaryl/α,β-unsaturated/α-hetero) is 1. The van der Waals surface area contributed by atoms with Crippen LogP contribution in [-0.4, -0.2) is 56.1 Å². The number of nitrogens with zero attached hydrogens (tertiary/aromatic N) is 1. The first-order valence-corrected chi connectivity index (χ1v) is 7.03. The fraction of sp³-hybridized carbons (Fsp3) is 0.923. The van der Waals surface area contributed by atoms with E-state index in [1.807, 2.05) is 27.8 Å². The van der Waals surface area contributed by atoms with Crippen LogP contribution >= 0.6 is 12.6 Å². The van der Waals surface area contributed by atoms with Crippen LogP contribution in [0.1, 0.15) is 27.2 Å². The SMILES string of the molecule is CC(C)C(=O)COCCOCCCN(C)C(C)S. The van der Waals surface area contributed by atoms with Crippen LogP contribution in [0.4, 0.5) is 0 Å². The summed E-state index contributed by atoms with van der Waals surface area (Å²) < 4.78 is 10.6. The zero-order valence-corrected chi connectivity index (χ0v) is 12.9. The predicted molar refractivity (Wildman–Crippen MR) is 77.2 cm³/mol. The van der Waals surface area contributed by atoms with Gasteiger partial charge in [-0.15, -0.1) is 0 Å². The number of hydrogen-bond acceptors (Lipinski definition) is 5. The molecule has 0 bridgehead atoms. The van der Waals surface area contributed by atoms with E-state index < -0.39 is 0 Å². The number of carbonyl (C=O) groups excluding carboxylic acids is 1. The number of ketones is 1. The Hall–Kier alpha value is -0.100. The van der Waals surface area contributed by atoms with E-state index in [2.05, 4.69) is 17.5 Å². The summed E-state index contributed by atoms with van der Waals surface area (Å²) in [6.07, 6.45) is 0.978. The third-order valence-electron chi connectivity index (χ3n) is 2.70. The van der Waals surface area contributed by atoms with Crippen molar-refractivity contribution in [3.05, 3.63) is 0 Å². The van der Waals surface area contributed by atoms with Crippen LogP contribution in [0.3, 0.4) is 0 Å². The minimum Gasteiger partial charge on any atom is -0.379 e. The molecule has 0 aliphatic carbocycles. The van der Waals surface area contributed by atoms with Gasteiger partial charge in [0.25, 0.3) is 0 Å². The molecule has 0 saturated carbocycles. The highest BCUT2D eigenvalue weighted by Crippen LogP contribution is 2.00. The maximum Gasteiger partial charge on any atom is 0.160 e. The molecule has 0 N–H and O–H groups in total. The monoisotopic (exact) mass is 277 g/mol. The van der Waals surface area contributed by atoms with E-state index in [4.69, 9.17) is 9.47 Å². The summed E-state index contributed by atoms with van der Waals surface area (Å²) in [4.78, 5) is 13.4. The van der Waals surface area contributed by atoms with Crippen LogP contribution < -0.4 is 0 Å². The highest BCUT2D eigenvalue weighted by molar-refractivity contribution is 7.80. The van der Waals surface area contributed by atoms with E-state index in [1.165, 1.54) is 0 Å². The molecule has 0 heterocycles. The summed E-state index contributed by atoms with van der Waals surface area (Å²) in [6.45, 7) is 8.71. The smallest absolute Gasteiger partial charge is 0.160 e. The maximum atomic E-state index is 11.2. The molecule has 5 heteroatoms. The molecule has 0 aliphatic heterocycles.